The van der Waals surface area contributed by atoms with E-state index in [1.807, 2.05) is 24.0 Å². The van der Waals surface area contributed by atoms with E-state index in [0.29, 0.717) is 0 Å². The third-order valence-electron chi connectivity index (χ3n) is 2.78. The zero-order chi connectivity index (χ0) is 12.3. The quantitative estimate of drug-likeness (QED) is 0.939. The minimum Gasteiger partial charge on any atom is -0.307 e. The van der Waals surface area contributed by atoms with Gasteiger partial charge in [-0.1, -0.05) is 28.1 Å². The van der Waals surface area contributed by atoms with Gasteiger partial charge in [-0.25, -0.2) is 0 Å². The largest absolute Gasteiger partial charge is 0.307 e. The van der Waals surface area contributed by atoms with E-state index in [-0.39, 0.29) is 0 Å². The highest BCUT2D eigenvalue weighted by Gasteiger charge is 1.99. The first-order valence-corrected chi connectivity index (χ1v) is 6.39. The molecule has 1 heterocycles. The van der Waals surface area contributed by atoms with Gasteiger partial charge in [-0.15, -0.1) is 0 Å². The summed E-state index contributed by atoms with van der Waals surface area (Å²) in [6, 6.07) is 8.45. The first-order valence-electron chi connectivity index (χ1n) is 5.59. The smallest absolute Gasteiger partial charge is 0.0518 e. The van der Waals surface area contributed by atoms with Crippen LogP contribution in [0.25, 0.3) is 0 Å². The van der Waals surface area contributed by atoms with E-state index < -0.39 is 0 Å². The Hall–Kier alpha value is -1.13. The molecule has 1 N–H and O–H groups in total. The van der Waals surface area contributed by atoms with Crippen LogP contribution in [0.5, 0.6) is 0 Å². The predicted molar refractivity (Wildman–Crippen MR) is 72.6 cm³/mol. The second kappa shape index (κ2) is 5.47. The van der Waals surface area contributed by atoms with Crippen LogP contribution in [0.3, 0.4) is 0 Å². The lowest BCUT2D eigenvalue weighted by molar-refractivity contribution is 0.626. The number of nitrogens with one attached hydrogen (secondary N) is 1. The van der Waals surface area contributed by atoms with Crippen LogP contribution in [0.15, 0.2) is 34.9 Å². The minimum absolute atomic E-state index is 0.839. The Bertz CT molecular complexity index is 505. The maximum absolute atomic E-state index is 4.14. The number of hydrogen-bond acceptors (Lipinski definition) is 2. The highest BCUT2D eigenvalue weighted by molar-refractivity contribution is 9.10. The molecule has 1 aromatic heterocycles. The standard InChI is InChI=1S/C13H16BrN3/c1-10-7-11(3-4-13(10)14)8-15-9-12-5-6-16-17(12)2/h3-7,15H,8-9H2,1-2H3. The highest BCUT2D eigenvalue weighted by atomic mass is 79.9. The van der Waals surface area contributed by atoms with Crippen molar-refractivity contribution >= 4 is 15.9 Å². The second-order valence-electron chi connectivity index (χ2n) is 4.13. The van der Waals surface area contributed by atoms with E-state index in [9.17, 15) is 0 Å². The van der Waals surface area contributed by atoms with Gasteiger partial charge >= 0.3 is 0 Å². The summed E-state index contributed by atoms with van der Waals surface area (Å²) in [6.07, 6.45) is 1.82. The van der Waals surface area contributed by atoms with Crippen molar-refractivity contribution in [3.05, 3.63) is 51.8 Å². The molecule has 0 radical (unpaired) electrons. The number of halogens is 1. The van der Waals surface area contributed by atoms with Gasteiger partial charge in [-0.05, 0) is 30.2 Å². The van der Waals surface area contributed by atoms with Crippen molar-refractivity contribution in [1.29, 1.82) is 0 Å². The van der Waals surface area contributed by atoms with Crippen molar-refractivity contribution in [3.63, 3.8) is 0 Å². The fraction of sp³-hybridized carbons (Fsp3) is 0.308. The third-order valence-corrected chi connectivity index (χ3v) is 3.67. The van der Waals surface area contributed by atoms with E-state index in [1.54, 1.807) is 0 Å². The van der Waals surface area contributed by atoms with Crippen LogP contribution in [0.2, 0.25) is 0 Å². The summed E-state index contributed by atoms with van der Waals surface area (Å²) in [6.45, 7) is 3.82. The molecule has 4 heteroatoms. The van der Waals surface area contributed by atoms with Crippen molar-refractivity contribution in [2.45, 2.75) is 20.0 Å². The number of hydrogen-bond donors (Lipinski definition) is 1. The molecule has 0 atom stereocenters. The van der Waals surface area contributed by atoms with Gasteiger partial charge in [0.15, 0.2) is 0 Å². The summed E-state index contributed by atoms with van der Waals surface area (Å²) in [5.41, 5.74) is 3.76. The number of aryl methyl sites for hydroxylation is 2. The number of rotatable bonds is 4. The molecule has 3 nitrogen and oxygen atoms in total. The van der Waals surface area contributed by atoms with E-state index in [1.165, 1.54) is 16.8 Å². The fourth-order valence-electron chi connectivity index (χ4n) is 1.73. The molecule has 0 aliphatic carbocycles. The van der Waals surface area contributed by atoms with E-state index in [4.69, 9.17) is 0 Å². The topological polar surface area (TPSA) is 29.9 Å². The Balaban J connectivity index is 1.90. The lowest BCUT2D eigenvalue weighted by Gasteiger charge is -2.07. The number of aromatic nitrogens is 2. The average Bonchev–Trinajstić information content (AvgIpc) is 2.70. The van der Waals surface area contributed by atoms with Gasteiger partial charge in [0.25, 0.3) is 0 Å². The van der Waals surface area contributed by atoms with Crippen LogP contribution >= 0.6 is 15.9 Å². The first-order chi connectivity index (χ1) is 8.16. The highest BCUT2D eigenvalue weighted by Crippen LogP contribution is 2.16. The number of nitrogens with zero attached hydrogens (tertiary/aromatic N) is 2. The van der Waals surface area contributed by atoms with Crippen LogP contribution in [0.1, 0.15) is 16.8 Å². The van der Waals surface area contributed by atoms with Gasteiger partial charge in [0, 0.05) is 30.8 Å². The lowest BCUT2D eigenvalue weighted by atomic mass is 10.1. The molecule has 0 spiro atoms. The summed E-state index contributed by atoms with van der Waals surface area (Å²) < 4.78 is 3.05. The molecule has 2 aromatic rings. The lowest BCUT2D eigenvalue weighted by Crippen LogP contribution is -2.15. The van der Waals surface area contributed by atoms with E-state index in [0.717, 1.165) is 17.6 Å². The number of benzene rings is 1. The van der Waals surface area contributed by atoms with Crippen LogP contribution in [0.4, 0.5) is 0 Å². The summed E-state index contributed by atoms with van der Waals surface area (Å²) >= 11 is 3.51. The molecule has 2 rings (SSSR count). The SMILES string of the molecule is Cc1cc(CNCc2ccnn2C)ccc1Br. The van der Waals surface area contributed by atoms with Crippen LogP contribution < -0.4 is 5.32 Å². The minimum atomic E-state index is 0.839. The Morgan fingerprint density at radius 1 is 1.29 bits per heavy atom. The van der Waals surface area contributed by atoms with Crippen molar-refractivity contribution in [1.82, 2.24) is 15.1 Å². The monoisotopic (exact) mass is 293 g/mol. The molecule has 0 aliphatic heterocycles. The van der Waals surface area contributed by atoms with Crippen LogP contribution in [-0.2, 0) is 20.1 Å². The summed E-state index contributed by atoms with van der Waals surface area (Å²) in [5.74, 6) is 0. The zero-order valence-electron chi connectivity index (χ0n) is 10.1. The van der Waals surface area contributed by atoms with Crippen molar-refractivity contribution in [2.24, 2.45) is 7.05 Å². The summed E-state index contributed by atoms with van der Waals surface area (Å²) in [5, 5.41) is 7.55. The van der Waals surface area contributed by atoms with E-state index >= 15 is 0 Å². The molecule has 0 saturated heterocycles. The Kier molecular flexibility index (Phi) is 3.97. The molecule has 0 bridgehead atoms. The Morgan fingerprint density at radius 3 is 2.76 bits per heavy atom. The van der Waals surface area contributed by atoms with Gasteiger partial charge in [-0.3, -0.25) is 4.68 Å². The normalized spacial score (nSPS) is 10.8. The molecular weight excluding hydrogens is 278 g/mol. The second-order valence-corrected chi connectivity index (χ2v) is 4.99. The predicted octanol–water partition coefficient (Wildman–Crippen LogP) is 2.78. The van der Waals surface area contributed by atoms with Crippen molar-refractivity contribution in [3.8, 4) is 0 Å². The average molecular weight is 294 g/mol. The molecule has 1 aromatic carbocycles. The van der Waals surface area contributed by atoms with Gasteiger partial charge < -0.3 is 5.32 Å². The maximum atomic E-state index is 4.14. The molecule has 17 heavy (non-hydrogen) atoms. The molecule has 0 saturated carbocycles. The molecular formula is C13H16BrN3. The van der Waals surface area contributed by atoms with Crippen molar-refractivity contribution < 1.29 is 0 Å². The van der Waals surface area contributed by atoms with Gasteiger partial charge in [0.05, 0.1) is 5.69 Å². The Morgan fingerprint density at radius 2 is 2.12 bits per heavy atom. The zero-order valence-corrected chi connectivity index (χ0v) is 11.7. The van der Waals surface area contributed by atoms with Gasteiger partial charge in [-0.2, -0.15) is 5.10 Å². The van der Waals surface area contributed by atoms with Gasteiger partial charge in [0.1, 0.15) is 0 Å². The van der Waals surface area contributed by atoms with E-state index in [2.05, 4.69) is 51.5 Å². The van der Waals surface area contributed by atoms with Crippen molar-refractivity contribution in [2.75, 3.05) is 0 Å². The van der Waals surface area contributed by atoms with Crippen LogP contribution in [0, 0.1) is 6.92 Å². The molecule has 90 valence electrons. The first kappa shape index (κ1) is 12.3. The van der Waals surface area contributed by atoms with Crippen LogP contribution in [-0.4, -0.2) is 9.78 Å². The third kappa shape index (κ3) is 3.17. The van der Waals surface area contributed by atoms with Gasteiger partial charge in [0.2, 0.25) is 0 Å². The fourth-order valence-corrected chi connectivity index (χ4v) is 1.97. The maximum Gasteiger partial charge on any atom is 0.0518 e. The molecule has 0 aliphatic rings. The molecule has 0 amide bonds. The summed E-state index contributed by atoms with van der Waals surface area (Å²) in [7, 11) is 1.96. The molecule has 0 unspecified atom stereocenters. The Labute approximate surface area is 110 Å². The summed E-state index contributed by atoms with van der Waals surface area (Å²) in [4.78, 5) is 0. The molecule has 0 fully saturated rings.